The Morgan fingerprint density at radius 2 is 1.21 bits per heavy atom. The average molecular weight is 249 g/mol. The molecule has 0 amide bonds. The van der Waals surface area contributed by atoms with Crippen LogP contribution in [0.5, 0.6) is 0 Å². The van der Waals surface area contributed by atoms with Gasteiger partial charge in [0.1, 0.15) is 0 Å². The first-order valence-corrected chi connectivity index (χ1v) is 6.91. The van der Waals surface area contributed by atoms with Crippen LogP contribution in [0.25, 0.3) is 0 Å². The summed E-state index contributed by atoms with van der Waals surface area (Å²) in [5.74, 6) is 0. The van der Waals surface area contributed by atoms with Gasteiger partial charge in [0.25, 0.3) is 0 Å². The second kappa shape index (κ2) is 14.3. The second-order valence-corrected chi connectivity index (χ2v) is 4.86. The van der Waals surface area contributed by atoms with Gasteiger partial charge in [-0.05, 0) is 11.2 Å². The van der Waals surface area contributed by atoms with E-state index in [0.717, 1.165) is 0 Å². The van der Waals surface area contributed by atoms with Gasteiger partial charge in [-0.1, -0.05) is 52.4 Å². The number of hydrogen-bond donors (Lipinski definition) is 0. The molecule has 0 radical (unpaired) electrons. The molecule has 0 aliphatic carbocycles. The normalized spacial score (nSPS) is 9.71. The van der Waals surface area contributed by atoms with E-state index in [4.69, 9.17) is 13.3 Å². The predicted octanol–water partition coefficient (Wildman–Crippen LogP) is -0.636. The van der Waals surface area contributed by atoms with E-state index in [-0.39, 0.29) is 29.6 Å². The third-order valence-corrected chi connectivity index (χ3v) is 1.46. The fourth-order valence-electron chi connectivity index (χ4n) is 0.854. The van der Waals surface area contributed by atoms with E-state index in [1.807, 2.05) is 0 Å². The Morgan fingerprint density at radius 1 is 1.00 bits per heavy atom. The van der Waals surface area contributed by atoms with Crippen LogP contribution in [0.3, 0.4) is 0 Å². The van der Waals surface area contributed by atoms with Crippen LogP contribution >= 0.6 is 0 Å². The molecule has 0 aromatic rings. The van der Waals surface area contributed by atoms with Crippen molar-refractivity contribution in [2.45, 2.75) is 52.4 Å². The van der Waals surface area contributed by atoms with Crippen molar-refractivity contribution in [1.29, 1.82) is 0 Å². The van der Waals surface area contributed by atoms with Crippen LogP contribution in [0.1, 0.15) is 52.4 Å². The number of rotatable bonds is 5. The summed E-state index contributed by atoms with van der Waals surface area (Å²) in [4.78, 5) is 0. The minimum atomic E-state index is -4.33. The van der Waals surface area contributed by atoms with Crippen LogP contribution in [0.2, 0.25) is 0 Å². The van der Waals surface area contributed by atoms with Crippen LogP contribution < -0.4 is 29.6 Å². The molecule has 0 bridgehead atoms. The molecule has 0 aliphatic rings. The molecule has 6 heteroatoms. The minimum absolute atomic E-state index is 0. The van der Waals surface area contributed by atoms with Crippen molar-refractivity contribution in [2.24, 2.45) is 0 Å². The van der Waals surface area contributed by atoms with Gasteiger partial charge in [0, 0.05) is 0 Å². The van der Waals surface area contributed by atoms with Gasteiger partial charge in [-0.3, -0.25) is 4.21 Å². The van der Waals surface area contributed by atoms with E-state index >= 15 is 0 Å². The van der Waals surface area contributed by atoms with Crippen molar-refractivity contribution < 1.29 is 42.9 Å². The molecule has 0 saturated heterocycles. The minimum Gasteiger partial charge on any atom is -0.780 e. The van der Waals surface area contributed by atoms with Crippen LogP contribution in [-0.4, -0.2) is 13.3 Å². The van der Waals surface area contributed by atoms with Crippen molar-refractivity contribution in [3.8, 4) is 0 Å². The molecule has 0 aromatic carbocycles. The Morgan fingerprint density at radius 3 is 1.36 bits per heavy atom. The molecule has 3 nitrogen and oxygen atoms in total. The summed E-state index contributed by atoms with van der Waals surface area (Å²) < 4.78 is 26.7. The van der Waals surface area contributed by atoms with Crippen LogP contribution in [-0.2, 0) is 20.2 Å². The molecular formula is C8H18NaO3S2-. The third-order valence-electron chi connectivity index (χ3n) is 1.46. The summed E-state index contributed by atoms with van der Waals surface area (Å²) in [5, 5.41) is 0. The van der Waals surface area contributed by atoms with Gasteiger partial charge in [0.15, 0.2) is 0 Å². The Bertz CT molecular complexity index is 167. The maximum Gasteiger partial charge on any atom is 1.00 e. The Kier molecular flexibility index (Phi) is 21.1. The van der Waals surface area contributed by atoms with Crippen LogP contribution in [0, 0.1) is 0 Å². The maximum atomic E-state index is 8.89. The smallest absolute Gasteiger partial charge is 0.780 e. The fraction of sp³-hybridized carbons (Fsp3) is 1.00. The van der Waals surface area contributed by atoms with E-state index in [0.29, 0.717) is 0 Å². The molecular weight excluding hydrogens is 231 g/mol. The summed E-state index contributed by atoms with van der Waals surface area (Å²) in [6, 6.07) is 0. The average Bonchev–Trinajstić information content (AvgIpc) is 1.95. The molecule has 0 aromatic heterocycles. The van der Waals surface area contributed by atoms with E-state index in [9.17, 15) is 0 Å². The zero-order valence-electron chi connectivity index (χ0n) is 9.28. The zero-order chi connectivity index (χ0) is 10.7. The largest absolute Gasteiger partial charge is 1.00 e. The molecule has 0 atom stereocenters. The van der Waals surface area contributed by atoms with Crippen LogP contribution in [0.4, 0.5) is 0 Å². The van der Waals surface area contributed by atoms with E-state index in [1.54, 1.807) is 0 Å². The molecule has 0 aliphatic heterocycles. The summed E-state index contributed by atoms with van der Waals surface area (Å²) >= 11 is 3.24. The van der Waals surface area contributed by atoms with E-state index < -0.39 is 9.05 Å². The molecule has 0 N–H and O–H groups in total. The topological polar surface area (TPSA) is 63.2 Å². The summed E-state index contributed by atoms with van der Waals surface area (Å²) in [5.41, 5.74) is 0. The van der Waals surface area contributed by atoms with Gasteiger partial charge in [-0.2, -0.15) is 0 Å². The number of unbranched alkanes of at least 4 members (excludes halogenated alkanes) is 5. The quantitative estimate of drug-likeness (QED) is 0.480. The summed E-state index contributed by atoms with van der Waals surface area (Å²) in [6.45, 7) is 4.51. The molecule has 0 saturated carbocycles. The molecule has 0 rings (SSSR count). The second-order valence-electron chi connectivity index (χ2n) is 2.82. The van der Waals surface area contributed by atoms with Crippen molar-refractivity contribution in [2.75, 3.05) is 0 Å². The maximum absolute atomic E-state index is 8.89. The molecule has 0 spiro atoms. The van der Waals surface area contributed by atoms with Gasteiger partial charge in [0.05, 0.1) is 0 Å². The monoisotopic (exact) mass is 249 g/mol. The fourth-order valence-corrected chi connectivity index (χ4v) is 0.854. The van der Waals surface area contributed by atoms with Crippen molar-refractivity contribution in [3.05, 3.63) is 0 Å². The predicted molar refractivity (Wildman–Crippen MR) is 56.1 cm³/mol. The molecule has 0 fully saturated rings. The number of hydrogen-bond acceptors (Lipinski definition) is 4. The van der Waals surface area contributed by atoms with Gasteiger partial charge < -0.3 is 9.11 Å². The van der Waals surface area contributed by atoms with Crippen LogP contribution in [0.15, 0.2) is 0 Å². The third kappa shape index (κ3) is 50.7. The first-order chi connectivity index (χ1) is 5.91. The molecule has 0 heterocycles. The van der Waals surface area contributed by atoms with Crippen molar-refractivity contribution >= 4 is 20.2 Å². The first-order valence-electron chi connectivity index (χ1n) is 4.58. The zero-order valence-corrected chi connectivity index (χ0v) is 12.9. The SMILES string of the molecule is CCCCCCCC.O=S([O-])([O-])=S.[Na+]. The molecule has 0 unspecified atom stereocenters. The molecule has 82 valence electrons. The Labute approximate surface area is 115 Å². The van der Waals surface area contributed by atoms with E-state index in [1.165, 1.54) is 38.5 Å². The van der Waals surface area contributed by atoms with Gasteiger partial charge in [0.2, 0.25) is 0 Å². The Hall–Kier alpha value is 1.29. The van der Waals surface area contributed by atoms with Gasteiger partial charge in [-0.15, -0.1) is 9.05 Å². The van der Waals surface area contributed by atoms with Gasteiger partial charge >= 0.3 is 29.6 Å². The van der Waals surface area contributed by atoms with E-state index in [2.05, 4.69) is 25.0 Å². The molecule has 14 heavy (non-hydrogen) atoms. The summed E-state index contributed by atoms with van der Waals surface area (Å²) in [7, 11) is -4.33. The van der Waals surface area contributed by atoms with Crippen molar-refractivity contribution in [1.82, 2.24) is 0 Å². The van der Waals surface area contributed by atoms with Crippen molar-refractivity contribution in [3.63, 3.8) is 0 Å². The summed E-state index contributed by atoms with van der Waals surface area (Å²) in [6.07, 6.45) is 8.49. The first kappa shape index (κ1) is 20.7. The standard InChI is InChI=1S/C8H18.Na.H2O3S2/c1-3-5-7-8-6-4-2;;1-5(2,3)4/h3-8H2,1-2H3;;(H2,1,2,3,4)/q;+1;/p-2. The Balaban J connectivity index is -0.000000177. The van der Waals surface area contributed by atoms with Gasteiger partial charge in [-0.25, -0.2) is 0 Å².